The fourth-order valence-electron chi connectivity index (χ4n) is 3.81. The summed E-state index contributed by atoms with van der Waals surface area (Å²) in [6.45, 7) is 4.05. The van der Waals surface area contributed by atoms with E-state index in [0.717, 1.165) is 24.1 Å². The molecule has 1 aliphatic heterocycles. The molecule has 0 aliphatic carbocycles. The summed E-state index contributed by atoms with van der Waals surface area (Å²) in [4.78, 5) is 26.9. The number of rotatable bonds is 6. The number of methoxy groups -OCH3 is 1. The van der Waals surface area contributed by atoms with E-state index in [1.807, 2.05) is 55.5 Å². The summed E-state index contributed by atoms with van der Waals surface area (Å²) < 4.78 is 10.7. The molecule has 2 aromatic rings. The van der Waals surface area contributed by atoms with Gasteiger partial charge in [0, 0.05) is 11.7 Å². The first-order valence-corrected chi connectivity index (χ1v) is 9.75. The number of aryl methyl sites for hydroxylation is 1. The van der Waals surface area contributed by atoms with Gasteiger partial charge in [-0.15, -0.1) is 0 Å². The highest BCUT2D eigenvalue weighted by atomic mass is 16.5. The Balaban J connectivity index is 1.74. The van der Waals surface area contributed by atoms with E-state index in [2.05, 4.69) is 6.92 Å². The molecule has 2 aromatic carbocycles. The Morgan fingerprint density at radius 1 is 1.11 bits per heavy atom. The van der Waals surface area contributed by atoms with Gasteiger partial charge in [0.15, 0.2) is 6.61 Å². The van der Waals surface area contributed by atoms with Gasteiger partial charge in [0.25, 0.3) is 5.91 Å². The molecule has 0 N–H and O–H groups in total. The van der Waals surface area contributed by atoms with E-state index in [0.29, 0.717) is 12.2 Å². The van der Waals surface area contributed by atoms with Crippen molar-refractivity contribution >= 4 is 17.6 Å². The fourth-order valence-corrected chi connectivity index (χ4v) is 3.81. The maximum absolute atomic E-state index is 12.9. The lowest BCUT2D eigenvalue weighted by Gasteiger charge is -2.38. The molecule has 3 rings (SSSR count). The number of para-hydroxylation sites is 1. The lowest BCUT2D eigenvalue weighted by atomic mass is 9.86. The number of anilines is 1. The Morgan fingerprint density at radius 2 is 1.82 bits per heavy atom. The highest BCUT2D eigenvalue weighted by Gasteiger charge is 2.37. The van der Waals surface area contributed by atoms with Gasteiger partial charge in [-0.1, -0.05) is 43.7 Å². The van der Waals surface area contributed by atoms with Crippen LogP contribution in [-0.2, 0) is 20.7 Å². The van der Waals surface area contributed by atoms with Crippen molar-refractivity contribution < 1.29 is 19.1 Å². The first kappa shape index (κ1) is 19.9. The van der Waals surface area contributed by atoms with Crippen LogP contribution in [0.1, 0.15) is 43.7 Å². The monoisotopic (exact) mass is 381 g/mol. The predicted molar refractivity (Wildman–Crippen MR) is 109 cm³/mol. The standard InChI is InChI=1S/C23H27NO4/c1-4-7-17-10-12-18(13-11-17)28-15-22(25)24-16(2)14-20(23(26)27-3)19-8-5-6-9-21(19)24/h5-6,8-13,16,20H,4,7,14-15H2,1-3H3. The molecular formula is C23H27NO4. The predicted octanol–water partition coefficient (Wildman–Crippen LogP) is 4.10. The molecule has 0 spiro atoms. The number of amides is 1. The third-order valence-electron chi connectivity index (χ3n) is 5.17. The third kappa shape index (κ3) is 4.19. The first-order valence-electron chi connectivity index (χ1n) is 9.75. The average Bonchev–Trinajstić information content (AvgIpc) is 2.72. The van der Waals surface area contributed by atoms with Crippen molar-refractivity contribution in [3.8, 4) is 5.75 Å². The molecule has 0 saturated carbocycles. The van der Waals surface area contributed by atoms with Crippen LogP contribution in [0.5, 0.6) is 5.75 Å². The normalized spacial score (nSPS) is 18.3. The highest BCUT2D eigenvalue weighted by Crippen LogP contribution is 2.39. The minimum absolute atomic E-state index is 0.0469. The molecule has 0 fully saturated rings. The molecule has 2 unspecified atom stereocenters. The molecule has 5 heteroatoms. The van der Waals surface area contributed by atoms with Crippen molar-refractivity contribution in [1.82, 2.24) is 0 Å². The van der Waals surface area contributed by atoms with E-state index in [-0.39, 0.29) is 30.4 Å². The number of fused-ring (bicyclic) bond motifs is 1. The van der Waals surface area contributed by atoms with E-state index < -0.39 is 0 Å². The smallest absolute Gasteiger partial charge is 0.313 e. The van der Waals surface area contributed by atoms with Crippen LogP contribution in [0.3, 0.4) is 0 Å². The van der Waals surface area contributed by atoms with Crippen molar-refractivity contribution in [2.45, 2.75) is 45.1 Å². The quantitative estimate of drug-likeness (QED) is 0.707. The first-order chi connectivity index (χ1) is 13.5. The summed E-state index contributed by atoms with van der Waals surface area (Å²) in [7, 11) is 1.40. The zero-order valence-electron chi connectivity index (χ0n) is 16.7. The van der Waals surface area contributed by atoms with Gasteiger partial charge in [0.2, 0.25) is 0 Å². The van der Waals surface area contributed by atoms with Gasteiger partial charge >= 0.3 is 5.97 Å². The third-order valence-corrected chi connectivity index (χ3v) is 5.17. The van der Waals surface area contributed by atoms with E-state index in [1.54, 1.807) is 4.90 Å². The summed E-state index contributed by atoms with van der Waals surface area (Å²) in [5.41, 5.74) is 2.84. The molecule has 0 bridgehead atoms. The van der Waals surface area contributed by atoms with Crippen molar-refractivity contribution in [1.29, 1.82) is 0 Å². The maximum atomic E-state index is 12.9. The van der Waals surface area contributed by atoms with Gasteiger partial charge in [0.05, 0.1) is 13.0 Å². The molecule has 1 amide bonds. The Labute approximate surface area is 166 Å². The van der Waals surface area contributed by atoms with E-state index >= 15 is 0 Å². The lowest BCUT2D eigenvalue weighted by molar-refractivity contribution is -0.143. The van der Waals surface area contributed by atoms with Crippen LogP contribution in [-0.4, -0.2) is 31.6 Å². The fraction of sp³-hybridized carbons (Fsp3) is 0.391. The number of benzene rings is 2. The molecule has 2 atom stereocenters. The molecular weight excluding hydrogens is 354 g/mol. The topological polar surface area (TPSA) is 55.8 Å². The molecule has 148 valence electrons. The number of ether oxygens (including phenoxy) is 2. The second-order valence-corrected chi connectivity index (χ2v) is 7.17. The number of hydrogen-bond acceptors (Lipinski definition) is 4. The zero-order chi connectivity index (χ0) is 20.1. The van der Waals surface area contributed by atoms with Gasteiger partial charge in [-0.25, -0.2) is 0 Å². The lowest BCUT2D eigenvalue weighted by Crippen LogP contribution is -2.46. The molecule has 5 nitrogen and oxygen atoms in total. The second-order valence-electron chi connectivity index (χ2n) is 7.17. The Bertz CT molecular complexity index is 831. The van der Waals surface area contributed by atoms with Gasteiger partial charge in [-0.3, -0.25) is 9.59 Å². The summed E-state index contributed by atoms with van der Waals surface area (Å²) in [5, 5.41) is 0. The number of carbonyl (C=O) groups excluding carboxylic acids is 2. The van der Waals surface area contributed by atoms with Crippen LogP contribution in [0, 0.1) is 0 Å². The molecule has 28 heavy (non-hydrogen) atoms. The van der Waals surface area contributed by atoms with Gasteiger partial charge < -0.3 is 14.4 Å². The summed E-state index contributed by atoms with van der Waals surface area (Å²) >= 11 is 0. The van der Waals surface area contributed by atoms with Gasteiger partial charge in [0.1, 0.15) is 5.75 Å². The summed E-state index contributed by atoms with van der Waals surface area (Å²) in [6, 6.07) is 15.3. The van der Waals surface area contributed by atoms with Crippen molar-refractivity contribution in [3.05, 3.63) is 59.7 Å². The number of nitrogens with zero attached hydrogens (tertiary/aromatic N) is 1. The maximum Gasteiger partial charge on any atom is 0.313 e. The Morgan fingerprint density at radius 3 is 2.50 bits per heavy atom. The average molecular weight is 381 g/mol. The number of carbonyl (C=O) groups is 2. The van der Waals surface area contributed by atoms with Crippen LogP contribution < -0.4 is 9.64 Å². The van der Waals surface area contributed by atoms with Gasteiger partial charge in [-0.2, -0.15) is 0 Å². The van der Waals surface area contributed by atoms with Crippen molar-refractivity contribution in [3.63, 3.8) is 0 Å². The summed E-state index contributed by atoms with van der Waals surface area (Å²) in [6.07, 6.45) is 2.65. The molecule has 1 heterocycles. The van der Waals surface area contributed by atoms with Crippen LogP contribution in [0.4, 0.5) is 5.69 Å². The molecule has 0 saturated heterocycles. The van der Waals surface area contributed by atoms with Crippen LogP contribution >= 0.6 is 0 Å². The minimum Gasteiger partial charge on any atom is -0.484 e. The van der Waals surface area contributed by atoms with Crippen molar-refractivity contribution in [2.75, 3.05) is 18.6 Å². The molecule has 0 radical (unpaired) electrons. The van der Waals surface area contributed by atoms with E-state index in [9.17, 15) is 9.59 Å². The number of hydrogen-bond donors (Lipinski definition) is 0. The minimum atomic E-state index is -0.354. The van der Waals surface area contributed by atoms with Gasteiger partial charge in [-0.05, 0) is 49.1 Å². The van der Waals surface area contributed by atoms with Crippen LogP contribution in [0.15, 0.2) is 48.5 Å². The van der Waals surface area contributed by atoms with E-state index in [4.69, 9.17) is 9.47 Å². The van der Waals surface area contributed by atoms with Crippen molar-refractivity contribution in [2.24, 2.45) is 0 Å². The largest absolute Gasteiger partial charge is 0.484 e. The number of esters is 1. The van der Waals surface area contributed by atoms with E-state index in [1.165, 1.54) is 12.7 Å². The summed E-state index contributed by atoms with van der Waals surface area (Å²) in [5.74, 6) is -0.0680. The highest BCUT2D eigenvalue weighted by molar-refractivity contribution is 5.98. The second kappa shape index (κ2) is 8.91. The molecule has 1 aliphatic rings. The zero-order valence-corrected chi connectivity index (χ0v) is 16.7. The van der Waals surface area contributed by atoms with Crippen LogP contribution in [0.2, 0.25) is 0 Å². The van der Waals surface area contributed by atoms with Crippen LogP contribution in [0.25, 0.3) is 0 Å². The Kier molecular flexibility index (Phi) is 6.34. The molecule has 0 aromatic heterocycles. The Hall–Kier alpha value is -2.82. The SMILES string of the molecule is CCCc1ccc(OCC(=O)N2c3ccccc3C(C(=O)OC)CC2C)cc1.